The zero-order chi connectivity index (χ0) is 19.7. The fourth-order valence-electron chi connectivity index (χ4n) is 3.13. The number of benzene rings is 1. The summed E-state index contributed by atoms with van der Waals surface area (Å²) in [6.07, 6.45) is 1.14. The summed E-state index contributed by atoms with van der Waals surface area (Å²) in [5, 5.41) is 6.87. The van der Waals surface area contributed by atoms with Crippen molar-refractivity contribution in [1.82, 2.24) is 15.5 Å². The van der Waals surface area contributed by atoms with Crippen molar-refractivity contribution in [3.8, 4) is 5.75 Å². The molecule has 0 atom stereocenters. The van der Waals surface area contributed by atoms with Gasteiger partial charge >= 0.3 is 0 Å². The molecule has 7 heteroatoms. The minimum absolute atomic E-state index is 0. The Morgan fingerprint density at radius 2 is 1.82 bits per heavy atom. The third-order valence-corrected chi connectivity index (χ3v) is 4.78. The molecule has 1 fully saturated rings. The Bertz CT molecular complexity index is 585. The highest BCUT2D eigenvalue weighted by molar-refractivity contribution is 14.0. The Hall–Kier alpha value is -1.06. The number of hydrogen-bond donors (Lipinski definition) is 2. The van der Waals surface area contributed by atoms with Gasteiger partial charge in [-0.2, -0.15) is 0 Å². The van der Waals surface area contributed by atoms with Gasteiger partial charge in [-0.15, -0.1) is 24.0 Å². The third kappa shape index (κ3) is 8.53. The van der Waals surface area contributed by atoms with Gasteiger partial charge in [0.15, 0.2) is 5.96 Å². The lowest BCUT2D eigenvalue weighted by Gasteiger charge is -2.41. The highest BCUT2D eigenvalue weighted by atomic mass is 127. The van der Waals surface area contributed by atoms with E-state index in [1.54, 1.807) is 0 Å². The SMILES string of the molecule is CN=C(NCCc1ccc(OC(C)C)cc1)NCC(C)(C)N1CCOCC1.I. The molecule has 1 aliphatic rings. The van der Waals surface area contributed by atoms with Crippen molar-refractivity contribution in [3.05, 3.63) is 29.8 Å². The van der Waals surface area contributed by atoms with Crippen molar-refractivity contribution in [2.45, 2.75) is 45.8 Å². The van der Waals surface area contributed by atoms with E-state index in [9.17, 15) is 0 Å². The Balaban J connectivity index is 0.00000392. The number of nitrogens with zero attached hydrogens (tertiary/aromatic N) is 2. The molecule has 1 saturated heterocycles. The summed E-state index contributed by atoms with van der Waals surface area (Å²) in [5.74, 6) is 1.76. The predicted molar refractivity (Wildman–Crippen MR) is 127 cm³/mol. The molecule has 0 spiro atoms. The smallest absolute Gasteiger partial charge is 0.191 e. The van der Waals surface area contributed by atoms with Crippen LogP contribution in [0, 0.1) is 0 Å². The summed E-state index contributed by atoms with van der Waals surface area (Å²) >= 11 is 0. The molecule has 0 saturated carbocycles. The normalized spacial score (nSPS) is 15.9. The topological polar surface area (TPSA) is 58.1 Å². The number of ether oxygens (including phenoxy) is 2. The van der Waals surface area contributed by atoms with E-state index in [1.165, 1.54) is 5.56 Å². The molecule has 0 radical (unpaired) electrons. The molecule has 160 valence electrons. The number of hydrogen-bond acceptors (Lipinski definition) is 4. The van der Waals surface area contributed by atoms with E-state index in [-0.39, 0.29) is 35.6 Å². The lowest BCUT2D eigenvalue weighted by Crippen LogP contribution is -2.56. The van der Waals surface area contributed by atoms with Gasteiger partial charge < -0.3 is 20.1 Å². The Morgan fingerprint density at radius 3 is 2.39 bits per heavy atom. The maximum Gasteiger partial charge on any atom is 0.191 e. The molecule has 0 amide bonds. The van der Waals surface area contributed by atoms with Crippen LogP contribution in [0.4, 0.5) is 0 Å². The maximum absolute atomic E-state index is 5.69. The maximum atomic E-state index is 5.69. The van der Waals surface area contributed by atoms with Gasteiger partial charge in [0.05, 0.1) is 19.3 Å². The molecule has 0 bridgehead atoms. The monoisotopic (exact) mass is 504 g/mol. The van der Waals surface area contributed by atoms with E-state index >= 15 is 0 Å². The Morgan fingerprint density at radius 1 is 1.18 bits per heavy atom. The first-order valence-electron chi connectivity index (χ1n) is 9.93. The van der Waals surface area contributed by atoms with E-state index in [1.807, 2.05) is 33.0 Å². The minimum atomic E-state index is 0. The molecule has 28 heavy (non-hydrogen) atoms. The second kappa shape index (κ2) is 12.5. The standard InChI is InChI=1S/C21H36N4O2.HI/c1-17(2)27-19-8-6-18(7-9-19)10-11-23-20(22-5)24-16-21(3,4)25-12-14-26-15-13-25;/h6-9,17H,10-16H2,1-5H3,(H2,22,23,24);1H. The molecule has 2 rings (SSSR count). The second-order valence-electron chi connectivity index (χ2n) is 7.82. The van der Waals surface area contributed by atoms with Crippen molar-refractivity contribution < 1.29 is 9.47 Å². The highest BCUT2D eigenvalue weighted by Gasteiger charge is 2.28. The molecular formula is C21H37IN4O2. The van der Waals surface area contributed by atoms with Gasteiger partial charge in [0.1, 0.15) is 5.75 Å². The van der Waals surface area contributed by atoms with Crippen LogP contribution in [-0.2, 0) is 11.2 Å². The molecule has 1 aromatic rings. The summed E-state index contributed by atoms with van der Waals surface area (Å²) in [7, 11) is 1.81. The van der Waals surface area contributed by atoms with Gasteiger partial charge in [0, 0.05) is 38.8 Å². The summed E-state index contributed by atoms with van der Waals surface area (Å²) in [6, 6.07) is 8.31. The number of halogens is 1. The first-order valence-corrected chi connectivity index (χ1v) is 9.93. The van der Waals surface area contributed by atoms with Gasteiger partial charge in [-0.25, -0.2) is 0 Å². The van der Waals surface area contributed by atoms with Crippen LogP contribution in [0.25, 0.3) is 0 Å². The van der Waals surface area contributed by atoms with E-state index in [2.05, 4.69) is 46.5 Å². The highest BCUT2D eigenvalue weighted by Crippen LogP contribution is 2.15. The number of guanidine groups is 1. The molecule has 0 unspecified atom stereocenters. The van der Waals surface area contributed by atoms with Crippen molar-refractivity contribution in [2.24, 2.45) is 4.99 Å². The fourth-order valence-corrected chi connectivity index (χ4v) is 3.13. The van der Waals surface area contributed by atoms with Crippen LogP contribution in [0.15, 0.2) is 29.3 Å². The van der Waals surface area contributed by atoms with E-state index in [0.29, 0.717) is 0 Å². The summed E-state index contributed by atoms with van der Waals surface area (Å²) in [4.78, 5) is 6.82. The fraction of sp³-hybridized carbons (Fsp3) is 0.667. The van der Waals surface area contributed by atoms with Crippen LogP contribution >= 0.6 is 24.0 Å². The van der Waals surface area contributed by atoms with Crippen LogP contribution in [-0.4, -0.2) is 68.9 Å². The Kier molecular flexibility index (Phi) is 11.1. The summed E-state index contributed by atoms with van der Waals surface area (Å²) < 4.78 is 11.1. The lowest BCUT2D eigenvalue weighted by molar-refractivity contribution is -0.00833. The number of nitrogens with one attached hydrogen (secondary N) is 2. The summed E-state index contributed by atoms with van der Waals surface area (Å²) in [6.45, 7) is 13.9. The molecule has 2 N–H and O–H groups in total. The van der Waals surface area contributed by atoms with Gasteiger partial charge in [-0.3, -0.25) is 9.89 Å². The quantitative estimate of drug-likeness (QED) is 0.324. The minimum Gasteiger partial charge on any atom is -0.491 e. The van der Waals surface area contributed by atoms with E-state index < -0.39 is 0 Å². The molecule has 1 aromatic carbocycles. The second-order valence-corrected chi connectivity index (χ2v) is 7.82. The average Bonchev–Trinajstić information content (AvgIpc) is 2.66. The Labute approximate surface area is 187 Å². The zero-order valence-electron chi connectivity index (χ0n) is 18.0. The molecular weight excluding hydrogens is 467 g/mol. The first kappa shape index (κ1) is 25.0. The molecule has 0 aliphatic carbocycles. The molecule has 1 heterocycles. The number of rotatable bonds is 8. The third-order valence-electron chi connectivity index (χ3n) is 4.78. The van der Waals surface area contributed by atoms with Crippen LogP contribution in [0.5, 0.6) is 5.75 Å². The van der Waals surface area contributed by atoms with Crippen molar-refractivity contribution in [1.29, 1.82) is 0 Å². The van der Waals surface area contributed by atoms with Crippen LogP contribution < -0.4 is 15.4 Å². The van der Waals surface area contributed by atoms with Crippen molar-refractivity contribution in [3.63, 3.8) is 0 Å². The van der Waals surface area contributed by atoms with Crippen LogP contribution in [0.1, 0.15) is 33.3 Å². The van der Waals surface area contributed by atoms with Gasteiger partial charge in [0.25, 0.3) is 0 Å². The zero-order valence-corrected chi connectivity index (χ0v) is 20.3. The first-order chi connectivity index (χ1) is 12.9. The summed E-state index contributed by atoms with van der Waals surface area (Å²) in [5.41, 5.74) is 1.34. The van der Waals surface area contributed by atoms with Gasteiger partial charge in [0.2, 0.25) is 0 Å². The predicted octanol–water partition coefficient (Wildman–Crippen LogP) is 2.91. The van der Waals surface area contributed by atoms with Crippen LogP contribution in [0.3, 0.4) is 0 Å². The molecule has 0 aromatic heterocycles. The van der Waals surface area contributed by atoms with E-state index in [4.69, 9.17) is 9.47 Å². The average molecular weight is 504 g/mol. The number of morpholine rings is 1. The molecule has 1 aliphatic heterocycles. The largest absolute Gasteiger partial charge is 0.491 e. The lowest BCUT2D eigenvalue weighted by atomic mass is 10.0. The van der Waals surface area contributed by atoms with Gasteiger partial charge in [-0.1, -0.05) is 12.1 Å². The number of aliphatic imine (C=N–C) groups is 1. The van der Waals surface area contributed by atoms with E-state index in [0.717, 1.165) is 57.5 Å². The van der Waals surface area contributed by atoms with Crippen molar-refractivity contribution in [2.75, 3.05) is 46.4 Å². The molecule has 6 nitrogen and oxygen atoms in total. The van der Waals surface area contributed by atoms with Crippen molar-refractivity contribution >= 4 is 29.9 Å². The van der Waals surface area contributed by atoms with Gasteiger partial charge in [-0.05, 0) is 51.8 Å². The van der Waals surface area contributed by atoms with Crippen LogP contribution in [0.2, 0.25) is 0 Å².